The van der Waals surface area contributed by atoms with Gasteiger partial charge < -0.3 is 14.9 Å². The molecule has 1 aromatic carbocycles. The van der Waals surface area contributed by atoms with Crippen LogP contribution in [0.4, 0.5) is 5.69 Å². The van der Waals surface area contributed by atoms with Crippen molar-refractivity contribution in [3.8, 4) is 0 Å². The Morgan fingerprint density at radius 2 is 1.65 bits per heavy atom. The second kappa shape index (κ2) is 6.62. The highest BCUT2D eigenvalue weighted by molar-refractivity contribution is 5.47. The molecule has 96 valence electrons. The van der Waals surface area contributed by atoms with Crippen LogP contribution in [0.15, 0.2) is 24.3 Å². The van der Waals surface area contributed by atoms with Crippen LogP contribution in [0.2, 0.25) is 0 Å². The van der Waals surface area contributed by atoms with E-state index in [-0.39, 0.29) is 6.10 Å². The second-order valence-corrected chi connectivity index (χ2v) is 4.74. The van der Waals surface area contributed by atoms with Gasteiger partial charge in [-0.3, -0.25) is 0 Å². The Morgan fingerprint density at radius 3 is 2.12 bits per heavy atom. The van der Waals surface area contributed by atoms with E-state index in [4.69, 9.17) is 0 Å². The third-order valence-corrected chi connectivity index (χ3v) is 2.99. The number of nitrogens with zero attached hydrogens (tertiary/aromatic N) is 2. The molecule has 1 atom stereocenters. The minimum absolute atomic E-state index is 0.337. The van der Waals surface area contributed by atoms with Crippen LogP contribution >= 0.6 is 0 Å². The van der Waals surface area contributed by atoms with Gasteiger partial charge in [-0.25, -0.2) is 0 Å². The second-order valence-electron chi connectivity index (χ2n) is 4.74. The first-order valence-corrected chi connectivity index (χ1v) is 6.18. The third kappa shape index (κ3) is 4.36. The first-order valence-electron chi connectivity index (χ1n) is 6.18. The molecule has 1 N–H and O–H groups in total. The lowest BCUT2D eigenvalue weighted by Gasteiger charge is -2.22. The fraction of sp³-hybridized carbons (Fsp3) is 0.571. The maximum absolute atomic E-state index is 9.71. The van der Waals surface area contributed by atoms with Crippen molar-refractivity contribution >= 4 is 5.69 Å². The maximum Gasteiger partial charge on any atom is 0.0787 e. The van der Waals surface area contributed by atoms with Gasteiger partial charge in [0.05, 0.1) is 6.10 Å². The molecule has 0 amide bonds. The molecular formula is C14H24N2O. The summed E-state index contributed by atoms with van der Waals surface area (Å²) in [4.78, 5) is 4.40. The molecule has 0 aliphatic rings. The lowest BCUT2D eigenvalue weighted by molar-refractivity contribution is 0.173. The monoisotopic (exact) mass is 236 g/mol. The number of hydrogen-bond acceptors (Lipinski definition) is 3. The van der Waals surface area contributed by atoms with E-state index in [0.717, 1.165) is 25.1 Å². The largest absolute Gasteiger partial charge is 0.388 e. The lowest BCUT2D eigenvalue weighted by Crippen LogP contribution is -2.28. The van der Waals surface area contributed by atoms with Gasteiger partial charge in [0.2, 0.25) is 0 Å². The van der Waals surface area contributed by atoms with Gasteiger partial charge in [0, 0.05) is 25.8 Å². The summed E-state index contributed by atoms with van der Waals surface area (Å²) < 4.78 is 0. The Bertz CT molecular complexity index is 321. The zero-order valence-corrected chi connectivity index (χ0v) is 11.3. The summed E-state index contributed by atoms with van der Waals surface area (Å²) in [6.45, 7) is 4.03. The van der Waals surface area contributed by atoms with Gasteiger partial charge in [0.1, 0.15) is 0 Å². The van der Waals surface area contributed by atoms with Crippen LogP contribution in [-0.4, -0.2) is 44.2 Å². The molecule has 0 heterocycles. The van der Waals surface area contributed by atoms with Crippen LogP contribution in [0.1, 0.15) is 25.0 Å². The molecule has 1 aromatic rings. The van der Waals surface area contributed by atoms with Crippen molar-refractivity contribution in [2.45, 2.75) is 19.4 Å². The number of benzene rings is 1. The summed E-state index contributed by atoms with van der Waals surface area (Å²) in [5.74, 6) is 0. The fourth-order valence-corrected chi connectivity index (χ4v) is 1.67. The van der Waals surface area contributed by atoms with E-state index < -0.39 is 0 Å². The van der Waals surface area contributed by atoms with Crippen LogP contribution in [0.5, 0.6) is 0 Å². The maximum atomic E-state index is 9.71. The molecule has 0 fully saturated rings. The Hall–Kier alpha value is -1.06. The number of aliphatic hydroxyl groups is 1. The van der Waals surface area contributed by atoms with Crippen molar-refractivity contribution in [2.75, 3.05) is 39.1 Å². The molecule has 17 heavy (non-hydrogen) atoms. The molecule has 0 saturated carbocycles. The van der Waals surface area contributed by atoms with Crippen molar-refractivity contribution < 1.29 is 5.11 Å². The van der Waals surface area contributed by atoms with Crippen molar-refractivity contribution in [1.82, 2.24) is 4.90 Å². The van der Waals surface area contributed by atoms with Crippen molar-refractivity contribution in [3.63, 3.8) is 0 Å². The van der Waals surface area contributed by atoms with Crippen LogP contribution < -0.4 is 4.90 Å². The van der Waals surface area contributed by atoms with Crippen LogP contribution in [0, 0.1) is 0 Å². The van der Waals surface area contributed by atoms with E-state index in [2.05, 4.69) is 43.1 Å². The topological polar surface area (TPSA) is 26.7 Å². The Balaban J connectivity index is 2.60. The van der Waals surface area contributed by atoms with E-state index >= 15 is 0 Å². The van der Waals surface area contributed by atoms with Crippen molar-refractivity contribution in [1.29, 1.82) is 0 Å². The van der Waals surface area contributed by atoms with E-state index in [1.165, 1.54) is 5.69 Å². The summed E-state index contributed by atoms with van der Waals surface area (Å²) in [5, 5.41) is 9.71. The summed E-state index contributed by atoms with van der Waals surface area (Å²) in [6, 6.07) is 8.17. The summed E-state index contributed by atoms with van der Waals surface area (Å²) in [5.41, 5.74) is 2.19. The normalized spacial score (nSPS) is 12.8. The number of aliphatic hydroxyl groups excluding tert-OH is 1. The van der Waals surface area contributed by atoms with Crippen LogP contribution in [-0.2, 0) is 0 Å². The number of likely N-dealkylation sites (N-methyl/N-ethyl adjacent to an activating group) is 2. The molecule has 0 spiro atoms. The van der Waals surface area contributed by atoms with E-state index in [1.807, 2.05) is 19.1 Å². The number of rotatable bonds is 6. The highest BCUT2D eigenvalue weighted by Gasteiger charge is 2.06. The molecule has 0 bridgehead atoms. The molecule has 3 nitrogen and oxygen atoms in total. The molecule has 1 unspecified atom stereocenters. The SMILES string of the molecule is CCC(O)c1ccc(N(C)CCN(C)C)cc1. The first-order chi connectivity index (χ1) is 8.04. The number of anilines is 1. The zero-order chi connectivity index (χ0) is 12.8. The van der Waals surface area contributed by atoms with Crippen molar-refractivity contribution in [2.24, 2.45) is 0 Å². The Morgan fingerprint density at radius 1 is 1.06 bits per heavy atom. The smallest absolute Gasteiger partial charge is 0.0787 e. The molecule has 1 rings (SSSR count). The summed E-state index contributed by atoms with van der Waals surface area (Å²) >= 11 is 0. The molecular weight excluding hydrogens is 212 g/mol. The van der Waals surface area contributed by atoms with E-state index in [0.29, 0.717) is 0 Å². The molecule has 0 saturated heterocycles. The molecule has 0 radical (unpaired) electrons. The third-order valence-electron chi connectivity index (χ3n) is 2.99. The highest BCUT2D eigenvalue weighted by Crippen LogP contribution is 2.20. The average molecular weight is 236 g/mol. The molecule has 3 heteroatoms. The summed E-state index contributed by atoms with van der Waals surface area (Å²) in [6.07, 6.45) is 0.423. The molecule has 0 aromatic heterocycles. The number of hydrogen-bond donors (Lipinski definition) is 1. The minimum atomic E-state index is -0.337. The Kier molecular flexibility index (Phi) is 5.45. The van der Waals surface area contributed by atoms with Crippen molar-refractivity contribution in [3.05, 3.63) is 29.8 Å². The predicted octanol–water partition coefficient (Wildman–Crippen LogP) is 2.13. The lowest BCUT2D eigenvalue weighted by atomic mass is 10.1. The van der Waals surface area contributed by atoms with Gasteiger partial charge in [0.25, 0.3) is 0 Å². The first kappa shape index (κ1) is 14.0. The van der Waals surface area contributed by atoms with E-state index in [9.17, 15) is 5.11 Å². The van der Waals surface area contributed by atoms with Crippen LogP contribution in [0.25, 0.3) is 0 Å². The fourth-order valence-electron chi connectivity index (χ4n) is 1.67. The highest BCUT2D eigenvalue weighted by atomic mass is 16.3. The van der Waals surface area contributed by atoms with Gasteiger partial charge in [-0.15, -0.1) is 0 Å². The zero-order valence-electron chi connectivity index (χ0n) is 11.3. The standard InChI is InChI=1S/C14H24N2O/c1-5-14(17)12-6-8-13(9-7-12)16(4)11-10-15(2)3/h6-9,14,17H,5,10-11H2,1-4H3. The minimum Gasteiger partial charge on any atom is -0.388 e. The quantitative estimate of drug-likeness (QED) is 0.819. The predicted molar refractivity (Wildman–Crippen MR) is 73.5 cm³/mol. The molecule has 0 aliphatic heterocycles. The van der Waals surface area contributed by atoms with Gasteiger partial charge >= 0.3 is 0 Å². The Labute approximate surface area is 105 Å². The van der Waals surface area contributed by atoms with Gasteiger partial charge in [-0.05, 0) is 38.2 Å². The molecule has 0 aliphatic carbocycles. The van der Waals surface area contributed by atoms with E-state index in [1.54, 1.807) is 0 Å². The summed E-state index contributed by atoms with van der Waals surface area (Å²) in [7, 11) is 6.25. The van der Waals surface area contributed by atoms with Gasteiger partial charge in [0.15, 0.2) is 0 Å². The average Bonchev–Trinajstić information content (AvgIpc) is 2.35. The van der Waals surface area contributed by atoms with Gasteiger partial charge in [-0.1, -0.05) is 19.1 Å². The van der Waals surface area contributed by atoms with Gasteiger partial charge in [-0.2, -0.15) is 0 Å². The van der Waals surface area contributed by atoms with Crippen LogP contribution in [0.3, 0.4) is 0 Å².